The molecule has 4 N–H and O–H groups in total. The van der Waals surface area contributed by atoms with Crippen LogP contribution in [0.25, 0.3) is 44.1 Å². The molecule has 8 rings (SSSR count). The number of ether oxygens (including phenoxy) is 4. The van der Waals surface area contributed by atoms with Crippen molar-refractivity contribution in [1.82, 2.24) is 49.8 Å². The Balaban J connectivity index is 0.000000169. The van der Waals surface area contributed by atoms with Gasteiger partial charge in [-0.2, -0.15) is 0 Å². The lowest BCUT2D eigenvalue weighted by Crippen LogP contribution is -2.06. The number of H-pyrrole nitrogens is 4. The Morgan fingerprint density at radius 1 is 0.655 bits per heavy atom. The summed E-state index contributed by atoms with van der Waals surface area (Å²) in [5, 5.41) is 1.29. The molecule has 6 aromatic heterocycles. The summed E-state index contributed by atoms with van der Waals surface area (Å²) in [6.07, 6.45) is 8.48. The minimum absolute atomic E-state index is 0.261. The summed E-state index contributed by atoms with van der Waals surface area (Å²) in [7, 11) is 2.01. The van der Waals surface area contributed by atoms with Crippen LogP contribution in [0.5, 0.6) is 11.5 Å². The van der Waals surface area contributed by atoms with E-state index in [0.29, 0.717) is 31.6 Å². The molecule has 0 aliphatic heterocycles. The van der Waals surface area contributed by atoms with E-state index in [1.54, 1.807) is 51.0 Å². The molecule has 2 aromatic carbocycles. The second-order valence-corrected chi connectivity index (χ2v) is 14.9. The Morgan fingerprint density at radius 3 is 1.84 bits per heavy atom. The largest absolute Gasteiger partial charge is 0.493 e. The molecule has 1 unspecified atom stereocenters. The highest BCUT2D eigenvalue weighted by molar-refractivity contribution is 7.98. The van der Waals surface area contributed by atoms with Gasteiger partial charge in [0.2, 0.25) is 0 Å². The number of aromatic nitrogens is 10. The van der Waals surface area contributed by atoms with E-state index in [1.807, 2.05) is 50.2 Å². The molecule has 17 heteroatoms. The van der Waals surface area contributed by atoms with E-state index in [0.717, 1.165) is 102 Å². The van der Waals surface area contributed by atoms with Crippen molar-refractivity contribution in [2.24, 2.45) is 0 Å². The Labute approximate surface area is 323 Å². The standard InChI is InChI=1S/C19H21N5O3S.C19H21N5O2S/c1-12-17(20-5-4-18(12)27-7-3-6-26-2)10-28(25)19-23-15-8-13-14(22-11-21-13)9-16(15)24-19;1-12-17(20-5-4-18(12)26-7-3-6-25-2)10-27-19-23-15-8-13-14(22-11-21-13)9-16(15)24-19/h4-5,8-9,11H,3,6-7,10H2,1-2H3,(H,21,22)(H,23,24);4-5,8-9,11H,3,6-7,10H2,1-2H3,(H,21,22)(H,23,24). The molecule has 15 nitrogen and oxygen atoms in total. The van der Waals surface area contributed by atoms with Gasteiger partial charge < -0.3 is 38.9 Å². The molecule has 0 bridgehead atoms. The highest BCUT2D eigenvalue weighted by Gasteiger charge is 2.16. The van der Waals surface area contributed by atoms with Crippen LogP contribution in [0.4, 0.5) is 0 Å². The Hall–Kier alpha value is -5.36. The monoisotopic (exact) mass is 782 g/mol. The topological polar surface area (TPSA) is 194 Å². The summed E-state index contributed by atoms with van der Waals surface area (Å²) in [6, 6.07) is 11.5. The zero-order valence-corrected chi connectivity index (χ0v) is 32.6. The number of methoxy groups -OCH3 is 2. The smallest absolute Gasteiger partial charge is 0.197 e. The van der Waals surface area contributed by atoms with Crippen molar-refractivity contribution >= 4 is 66.7 Å². The van der Waals surface area contributed by atoms with E-state index in [9.17, 15) is 4.21 Å². The number of aromatic amines is 4. The molecule has 55 heavy (non-hydrogen) atoms. The predicted molar refractivity (Wildman–Crippen MR) is 213 cm³/mol. The van der Waals surface area contributed by atoms with Crippen molar-refractivity contribution in [2.45, 2.75) is 48.5 Å². The van der Waals surface area contributed by atoms with Crippen LogP contribution in [-0.2, 0) is 31.8 Å². The van der Waals surface area contributed by atoms with Gasteiger partial charge in [0.1, 0.15) is 11.5 Å². The summed E-state index contributed by atoms with van der Waals surface area (Å²) in [5.41, 5.74) is 10.8. The normalized spacial score (nSPS) is 12.1. The number of pyridine rings is 2. The van der Waals surface area contributed by atoms with Crippen molar-refractivity contribution in [2.75, 3.05) is 40.6 Å². The first-order chi connectivity index (χ1) is 26.9. The first-order valence-corrected chi connectivity index (χ1v) is 20.0. The average Bonchev–Trinajstić information content (AvgIpc) is 4.01. The molecular formula is C38H42N10O5S2. The van der Waals surface area contributed by atoms with Crippen molar-refractivity contribution in [1.29, 1.82) is 0 Å². The first kappa shape index (κ1) is 37.9. The third-order valence-electron chi connectivity index (χ3n) is 8.85. The quantitative estimate of drug-likeness (QED) is 0.0598. The number of imidazole rings is 4. The molecule has 1 atom stereocenters. The molecule has 6 heterocycles. The third-order valence-corrected chi connectivity index (χ3v) is 10.9. The van der Waals surface area contributed by atoms with Gasteiger partial charge in [0.15, 0.2) is 10.3 Å². The molecule has 0 radical (unpaired) electrons. The van der Waals surface area contributed by atoms with Crippen LogP contribution in [0.15, 0.2) is 71.8 Å². The van der Waals surface area contributed by atoms with Gasteiger partial charge in [-0.1, -0.05) is 11.8 Å². The molecule has 0 aliphatic carbocycles. The van der Waals surface area contributed by atoms with Gasteiger partial charge in [0.05, 0.1) is 97.9 Å². The maximum absolute atomic E-state index is 12.9. The SMILES string of the molecule is COCCCOc1ccnc(CS(=O)c2nc3cc4nc[nH]c4cc3[nH]2)c1C.COCCCOc1ccnc(CSc2nc3cc4nc[nH]c4cc3[nH]2)c1C. The summed E-state index contributed by atoms with van der Waals surface area (Å²) in [4.78, 5) is 39.2. The summed E-state index contributed by atoms with van der Waals surface area (Å²) in [6.45, 7) is 6.52. The van der Waals surface area contributed by atoms with Crippen LogP contribution in [0, 0.1) is 13.8 Å². The highest BCUT2D eigenvalue weighted by Crippen LogP contribution is 2.29. The van der Waals surface area contributed by atoms with Gasteiger partial charge in [-0.25, -0.2) is 19.9 Å². The lowest BCUT2D eigenvalue weighted by Gasteiger charge is -2.11. The number of fused-ring (bicyclic) bond motifs is 4. The van der Waals surface area contributed by atoms with Gasteiger partial charge in [-0.15, -0.1) is 0 Å². The fourth-order valence-electron chi connectivity index (χ4n) is 5.83. The van der Waals surface area contributed by atoms with Crippen molar-refractivity contribution in [3.05, 3.63) is 84.0 Å². The van der Waals surface area contributed by atoms with Crippen molar-refractivity contribution in [3.63, 3.8) is 0 Å². The molecular weight excluding hydrogens is 741 g/mol. The molecule has 8 aromatic rings. The fourth-order valence-corrected chi connectivity index (χ4v) is 7.84. The Kier molecular flexibility index (Phi) is 12.3. The van der Waals surface area contributed by atoms with Crippen LogP contribution >= 0.6 is 11.8 Å². The Bertz CT molecular complexity index is 2450. The van der Waals surface area contributed by atoms with E-state index in [1.165, 1.54) is 0 Å². The predicted octanol–water partition coefficient (Wildman–Crippen LogP) is 6.72. The van der Waals surface area contributed by atoms with E-state index < -0.39 is 10.8 Å². The minimum Gasteiger partial charge on any atom is -0.493 e. The molecule has 0 saturated carbocycles. The van der Waals surface area contributed by atoms with E-state index in [4.69, 9.17) is 18.9 Å². The van der Waals surface area contributed by atoms with Crippen LogP contribution < -0.4 is 9.47 Å². The fraction of sp³-hybridized carbons (Fsp3) is 0.316. The number of benzene rings is 2. The van der Waals surface area contributed by atoms with Crippen LogP contribution in [-0.4, -0.2) is 94.7 Å². The first-order valence-electron chi connectivity index (χ1n) is 17.7. The van der Waals surface area contributed by atoms with Crippen molar-refractivity contribution in [3.8, 4) is 11.5 Å². The van der Waals surface area contributed by atoms with Gasteiger partial charge in [0.25, 0.3) is 0 Å². The molecule has 0 fully saturated rings. The summed E-state index contributed by atoms with van der Waals surface area (Å²) >= 11 is 1.63. The zero-order valence-electron chi connectivity index (χ0n) is 31.0. The number of hydrogen-bond acceptors (Lipinski definition) is 12. The molecule has 286 valence electrons. The number of hydrogen-bond donors (Lipinski definition) is 4. The second kappa shape index (κ2) is 17.9. The van der Waals surface area contributed by atoms with Crippen LogP contribution in [0.3, 0.4) is 0 Å². The number of nitrogens with zero attached hydrogens (tertiary/aromatic N) is 6. The lowest BCUT2D eigenvalue weighted by atomic mass is 10.2. The number of rotatable bonds is 16. The van der Waals surface area contributed by atoms with Gasteiger partial charge >= 0.3 is 0 Å². The maximum atomic E-state index is 12.9. The molecule has 0 aliphatic rings. The zero-order chi connectivity index (χ0) is 38.1. The van der Waals surface area contributed by atoms with Gasteiger partial charge in [0, 0.05) is 69.5 Å². The Morgan fingerprint density at radius 2 is 1.22 bits per heavy atom. The molecule has 0 spiro atoms. The minimum atomic E-state index is -1.36. The maximum Gasteiger partial charge on any atom is 0.197 e. The summed E-state index contributed by atoms with van der Waals surface area (Å²) < 4.78 is 34.6. The number of thioether (sulfide) groups is 1. The van der Waals surface area contributed by atoms with E-state index >= 15 is 0 Å². The summed E-state index contributed by atoms with van der Waals surface area (Å²) in [5.74, 6) is 2.61. The molecule has 0 saturated heterocycles. The molecule has 0 amide bonds. The second-order valence-electron chi connectivity index (χ2n) is 12.6. The van der Waals surface area contributed by atoms with Gasteiger partial charge in [-0.05, 0) is 50.2 Å². The lowest BCUT2D eigenvalue weighted by molar-refractivity contribution is 0.171. The van der Waals surface area contributed by atoms with E-state index in [2.05, 4.69) is 49.8 Å². The number of nitrogens with one attached hydrogen (secondary N) is 4. The van der Waals surface area contributed by atoms with Crippen LogP contribution in [0.1, 0.15) is 35.4 Å². The van der Waals surface area contributed by atoms with Crippen LogP contribution in [0.2, 0.25) is 0 Å². The third kappa shape index (κ3) is 9.13. The van der Waals surface area contributed by atoms with Gasteiger partial charge in [-0.3, -0.25) is 14.2 Å². The van der Waals surface area contributed by atoms with Crippen molar-refractivity contribution < 1.29 is 23.2 Å². The average molecular weight is 783 g/mol. The van der Waals surface area contributed by atoms with E-state index in [-0.39, 0.29) is 5.75 Å². The highest BCUT2D eigenvalue weighted by atomic mass is 32.2.